The molecule has 0 saturated carbocycles. The highest BCUT2D eigenvalue weighted by Gasteiger charge is 1.91. The predicted molar refractivity (Wildman–Crippen MR) is 47.8 cm³/mol. The maximum atomic E-state index is 8.77. The number of rotatable bonds is 1. The summed E-state index contributed by atoms with van der Waals surface area (Å²) in [5.74, 6) is 5.83. The zero-order valence-corrected chi connectivity index (χ0v) is 7.17. The maximum absolute atomic E-state index is 8.77. The van der Waals surface area contributed by atoms with E-state index in [1.807, 2.05) is 0 Å². The fourth-order valence-corrected chi connectivity index (χ4v) is 0.845. The number of alkyl halides is 1. The van der Waals surface area contributed by atoms with Gasteiger partial charge < -0.3 is 5.11 Å². The van der Waals surface area contributed by atoms with Gasteiger partial charge in [-0.2, -0.15) is 0 Å². The standard InChI is InChI=1S/C9H8ClNO/c10-3-1-2-8-4-9(7-12)6-11-5-8/h4-6,12H,3,7H2. The molecule has 0 saturated heterocycles. The Balaban J connectivity index is 2.86. The van der Waals surface area contributed by atoms with Gasteiger partial charge in [-0.05, 0) is 11.6 Å². The van der Waals surface area contributed by atoms with E-state index in [1.165, 1.54) is 0 Å². The normalized spacial score (nSPS) is 8.83. The number of pyridine rings is 1. The van der Waals surface area contributed by atoms with E-state index in [2.05, 4.69) is 16.8 Å². The molecule has 0 atom stereocenters. The number of aliphatic hydroxyl groups is 1. The second-order valence-electron chi connectivity index (χ2n) is 2.18. The molecule has 0 unspecified atom stereocenters. The van der Waals surface area contributed by atoms with Crippen molar-refractivity contribution in [2.24, 2.45) is 0 Å². The van der Waals surface area contributed by atoms with Gasteiger partial charge in [-0.1, -0.05) is 11.8 Å². The fourth-order valence-electron chi connectivity index (χ4n) is 0.778. The molecule has 0 aliphatic heterocycles. The molecule has 0 radical (unpaired) electrons. The summed E-state index contributed by atoms with van der Waals surface area (Å²) < 4.78 is 0. The first kappa shape index (κ1) is 9.05. The fraction of sp³-hybridized carbons (Fsp3) is 0.222. The average molecular weight is 182 g/mol. The van der Waals surface area contributed by atoms with Crippen molar-refractivity contribution in [3.63, 3.8) is 0 Å². The second kappa shape index (κ2) is 4.76. The van der Waals surface area contributed by atoms with E-state index in [9.17, 15) is 0 Å². The Morgan fingerprint density at radius 1 is 1.50 bits per heavy atom. The van der Waals surface area contributed by atoms with Crippen LogP contribution in [0.5, 0.6) is 0 Å². The van der Waals surface area contributed by atoms with Gasteiger partial charge in [-0.15, -0.1) is 11.6 Å². The summed E-state index contributed by atoms with van der Waals surface area (Å²) in [6, 6.07) is 1.78. The molecule has 2 nitrogen and oxygen atoms in total. The number of halogens is 1. The lowest BCUT2D eigenvalue weighted by molar-refractivity contribution is 0.281. The molecule has 3 heteroatoms. The monoisotopic (exact) mass is 181 g/mol. The minimum absolute atomic E-state index is 0.0105. The van der Waals surface area contributed by atoms with Crippen LogP contribution in [-0.4, -0.2) is 16.0 Å². The van der Waals surface area contributed by atoms with E-state index >= 15 is 0 Å². The van der Waals surface area contributed by atoms with Gasteiger partial charge in [0, 0.05) is 18.0 Å². The lowest BCUT2D eigenvalue weighted by atomic mass is 10.2. The zero-order valence-electron chi connectivity index (χ0n) is 6.42. The summed E-state index contributed by atoms with van der Waals surface area (Å²) >= 11 is 5.38. The zero-order chi connectivity index (χ0) is 8.81. The Morgan fingerprint density at radius 2 is 2.33 bits per heavy atom. The van der Waals surface area contributed by atoms with Crippen LogP contribution in [0.4, 0.5) is 0 Å². The minimum atomic E-state index is -0.0105. The first-order valence-corrected chi connectivity index (χ1v) is 4.00. The number of hydrogen-bond donors (Lipinski definition) is 1. The molecule has 0 bridgehead atoms. The van der Waals surface area contributed by atoms with E-state index in [-0.39, 0.29) is 6.61 Å². The molecule has 0 aromatic carbocycles. The lowest BCUT2D eigenvalue weighted by Gasteiger charge is -1.94. The van der Waals surface area contributed by atoms with Crippen LogP contribution in [0.3, 0.4) is 0 Å². The van der Waals surface area contributed by atoms with E-state index in [0.717, 1.165) is 11.1 Å². The molecule has 0 fully saturated rings. The van der Waals surface area contributed by atoms with Crippen LogP contribution < -0.4 is 0 Å². The van der Waals surface area contributed by atoms with Gasteiger partial charge >= 0.3 is 0 Å². The predicted octanol–water partition coefficient (Wildman–Crippen LogP) is 1.16. The minimum Gasteiger partial charge on any atom is -0.392 e. The van der Waals surface area contributed by atoms with Gasteiger partial charge in [0.15, 0.2) is 0 Å². The molecule has 1 aromatic heterocycles. The van der Waals surface area contributed by atoms with E-state index < -0.39 is 0 Å². The number of aliphatic hydroxyl groups excluding tert-OH is 1. The van der Waals surface area contributed by atoms with Crippen molar-refractivity contribution in [1.82, 2.24) is 4.98 Å². The van der Waals surface area contributed by atoms with Crippen molar-refractivity contribution >= 4 is 11.6 Å². The molecule has 12 heavy (non-hydrogen) atoms. The van der Waals surface area contributed by atoms with Crippen LogP contribution in [0.15, 0.2) is 18.5 Å². The Labute approximate surface area is 76.2 Å². The first-order valence-electron chi connectivity index (χ1n) is 3.46. The van der Waals surface area contributed by atoms with Crippen molar-refractivity contribution in [3.8, 4) is 11.8 Å². The molecule has 62 valence electrons. The van der Waals surface area contributed by atoms with Crippen LogP contribution in [0.1, 0.15) is 11.1 Å². The van der Waals surface area contributed by atoms with Crippen LogP contribution in [0.25, 0.3) is 0 Å². The third-order valence-electron chi connectivity index (χ3n) is 1.28. The van der Waals surface area contributed by atoms with Gasteiger partial charge in [0.1, 0.15) is 0 Å². The summed E-state index contributed by atoms with van der Waals surface area (Å²) in [6.07, 6.45) is 3.24. The van der Waals surface area contributed by atoms with Gasteiger partial charge in [-0.25, -0.2) is 0 Å². The Bertz CT molecular complexity index is 314. The summed E-state index contributed by atoms with van der Waals surface area (Å²) in [5, 5.41) is 8.77. The quantitative estimate of drug-likeness (QED) is 0.521. The van der Waals surface area contributed by atoms with Crippen LogP contribution in [0, 0.1) is 11.8 Å². The molecule has 0 aliphatic rings. The van der Waals surface area contributed by atoms with Gasteiger partial charge in [0.25, 0.3) is 0 Å². The molecular formula is C9H8ClNO. The van der Waals surface area contributed by atoms with Crippen molar-refractivity contribution in [1.29, 1.82) is 0 Å². The lowest BCUT2D eigenvalue weighted by Crippen LogP contribution is -1.86. The van der Waals surface area contributed by atoms with Crippen LogP contribution in [-0.2, 0) is 6.61 Å². The summed E-state index contributed by atoms with van der Waals surface area (Å²) in [7, 11) is 0. The summed E-state index contributed by atoms with van der Waals surface area (Å²) in [5.41, 5.74) is 1.54. The Morgan fingerprint density at radius 3 is 3.00 bits per heavy atom. The Hall–Kier alpha value is -1.04. The molecule has 1 N–H and O–H groups in total. The summed E-state index contributed by atoms with van der Waals surface area (Å²) in [4.78, 5) is 3.90. The highest BCUT2D eigenvalue weighted by Crippen LogP contribution is 2.00. The van der Waals surface area contributed by atoms with E-state index in [0.29, 0.717) is 5.88 Å². The van der Waals surface area contributed by atoms with Gasteiger partial charge in [-0.3, -0.25) is 4.98 Å². The SMILES string of the molecule is OCc1cncc(C#CCCl)c1. The highest BCUT2D eigenvalue weighted by atomic mass is 35.5. The molecule has 0 amide bonds. The van der Waals surface area contributed by atoms with Crippen molar-refractivity contribution < 1.29 is 5.11 Å². The number of nitrogens with zero attached hydrogens (tertiary/aromatic N) is 1. The maximum Gasteiger partial charge on any atom is 0.0839 e. The molecular weight excluding hydrogens is 174 g/mol. The second-order valence-corrected chi connectivity index (χ2v) is 2.44. The smallest absolute Gasteiger partial charge is 0.0839 e. The van der Waals surface area contributed by atoms with Gasteiger partial charge in [0.2, 0.25) is 0 Å². The van der Waals surface area contributed by atoms with Gasteiger partial charge in [0.05, 0.1) is 12.5 Å². The first-order chi connectivity index (χ1) is 5.86. The third-order valence-corrected chi connectivity index (χ3v) is 1.41. The van der Waals surface area contributed by atoms with Crippen LogP contribution >= 0.6 is 11.6 Å². The third kappa shape index (κ3) is 2.54. The largest absolute Gasteiger partial charge is 0.392 e. The molecule has 0 spiro atoms. The topological polar surface area (TPSA) is 33.1 Å². The molecule has 1 heterocycles. The summed E-state index contributed by atoms with van der Waals surface area (Å²) in [6.45, 7) is -0.0105. The van der Waals surface area contributed by atoms with E-state index in [4.69, 9.17) is 16.7 Å². The van der Waals surface area contributed by atoms with Crippen LogP contribution in [0.2, 0.25) is 0 Å². The molecule has 1 rings (SSSR count). The highest BCUT2D eigenvalue weighted by molar-refractivity contribution is 6.19. The van der Waals surface area contributed by atoms with E-state index in [1.54, 1.807) is 18.5 Å². The molecule has 1 aromatic rings. The van der Waals surface area contributed by atoms with Crippen molar-refractivity contribution in [3.05, 3.63) is 29.6 Å². The van der Waals surface area contributed by atoms with Crippen molar-refractivity contribution in [2.75, 3.05) is 5.88 Å². The number of aromatic nitrogens is 1. The number of hydrogen-bond acceptors (Lipinski definition) is 2. The van der Waals surface area contributed by atoms with Crippen molar-refractivity contribution in [2.45, 2.75) is 6.61 Å². The molecule has 0 aliphatic carbocycles. The Kier molecular flexibility index (Phi) is 3.59. The average Bonchev–Trinajstić information content (AvgIpc) is 2.15.